The molecule has 2 saturated heterocycles. The SMILES string of the molecule is [C-]#[N+]c1ccc(N2C[C@@H](C)N(C(=O)Nc3ccc(OCCCN4CCN(c5ccc6c(c5)C(=O)N(C5CCC(=O)CC5=O)C6=O)CC4)nc3)C[C@@H]2C)c2cccnc12. The number of anilines is 3. The van der Waals surface area contributed by atoms with Crippen LogP contribution in [0.15, 0.2) is 67.0 Å². The van der Waals surface area contributed by atoms with E-state index in [2.05, 4.69) is 41.8 Å². The summed E-state index contributed by atoms with van der Waals surface area (Å²) in [5.41, 5.74) is 4.27. The molecule has 4 amide bonds. The number of rotatable bonds is 9. The molecule has 1 saturated carbocycles. The maximum Gasteiger partial charge on any atom is 0.322 e. The van der Waals surface area contributed by atoms with Gasteiger partial charge in [0.25, 0.3) is 11.8 Å². The second-order valence-corrected chi connectivity index (χ2v) is 15.4. The molecule has 1 N–H and O–H groups in total. The number of Topliss-reactive ketones (excluding diaryl/α,β-unsaturated/α-hetero) is 2. The van der Waals surface area contributed by atoms with Crippen molar-refractivity contribution < 1.29 is 28.7 Å². The molecule has 58 heavy (non-hydrogen) atoms. The number of hydrogen-bond donors (Lipinski definition) is 1. The Labute approximate surface area is 336 Å². The standard InChI is InChI=1S/C43H45N9O6/c1-27-26-51(28(2)25-50(27)36-13-11-35(44-3)40-33(36)6-4-15-45-40)43(57)47-29-7-14-39(46-24-29)58-21-5-16-48-17-19-49(20-18-48)30-8-10-32-34(22-30)42(56)52(41(32)55)37-12-9-31(53)23-38(37)54/h4,6-8,10-11,13-15,22,24,27-28,37H,5,9,12,16-21,23,25-26H2,1-2H3,(H,47,57)/t27-,28+,37?/m0/s1. The van der Waals surface area contributed by atoms with Gasteiger partial charge in [-0.05, 0) is 63.1 Å². The highest BCUT2D eigenvalue weighted by molar-refractivity contribution is 6.24. The summed E-state index contributed by atoms with van der Waals surface area (Å²) >= 11 is 0. The van der Waals surface area contributed by atoms with E-state index in [1.807, 2.05) is 42.2 Å². The van der Waals surface area contributed by atoms with Crippen molar-refractivity contribution in [2.24, 2.45) is 0 Å². The lowest BCUT2D eigenvalue weighted by molar-refractivity contribution is -0.132. The number of imide groups is 1. The molecular formula is C43H45N9O6. The quantitative estimate of drug-likeness (QED) is 0.103. The Hall–Kier alpha value is -6.40. The van der Waals surface area contributed by atoms with Crippen molar-refractivity contribution in [2.75, 3.05) is 67.5 Å². The van der Waals surface area contributed by atoms with Gasteiger partial charge in [0.15, 0.2) is 5.78 Å². The van der Waals surface area contributed by atoms with Crippen LogP contribution in [0.25, 0.3) is 15.7 Å². The van der Waals surface area contributed by atoms with Crippen LogP contribution in [0.3, 0.4) is 0 Å². The molecule has 1 unspecified atom stereocenters. The van der Waals surface area contributed by atoms with Crippen molar-refractivity contribution in [3.05, 3.63) is 89.5 Å². The van der Waals surface area contributed by atoms with E-state index in [0.717, 1.165) is 60.8 Å². The van der Waals surface area contributed by atoms with E-state index in [9.17, 15) is 24.0 Å². The van der Waals surface area contributed by atoms with Gasteiger partial charge in [0.2, 0.25) is 11.6 Å². The lowest BCUT2D eigenvalue weighted by Gasteiger charge is -2.45. The van der Waals surface area contributed by atoms with Gasteiger partial charge in [0, 0.05) is 93.3 Å². The van der Waals surface area contributed by atoms with Crippen LogP contribution in [-0.2, 0) is 9.59 Å². The summed E-state index contributed by atoms with van der Waals surface area (Å²) in [6, 6.07) is 15.4. The zero-order valence-electron chi connectivity index (χ0n) is 32.6. The summed E-state index contributed by atoms with van der Waals surface area (Å²) in [5.74, 6) is -0.977. The molecule has 4 aliphatic rings. The Morgan fingerprint density at radius 2 is 1.74 bits per heavy atom. The second kappa shape index (κ2) is 16.2. The molecule has 4 aromatic rings. The maximum atomic E-state index is 13.4. The van der Waals surface area contributed by atoms with E-state index >= 15 is 0 Å². The summed E-state index contributed by atoms with van der Waals surface area (Å²) in [7, 11) is 0. The number of nitrogens with one attached hydrogen (secondary N) is 1. The molecule has 15 nitrogen and oxygen atoms in total. The largest absolute Gasteiger partial charge is 0.478 e. The van der Waals surface area contributed by atoms with Crippen LogP contribution in [0.2, 0.25) is 0 Å². The Bertz CT molecular complexity index is 2320. The zero-order chi connectivity index (χ0) is 40.5. The van der Waals surface area contributed by atoms with Crippen molar-refractivity contribution in [2.45, 2.75) is 57.7 Å². The lowest BCUT2D eigenvalue weighted by atomic mass is 9.92. The lowest BCUT2D eigenvalue weighted by Crippen LogP contribution is -2.59. The fraction of sp³-hybridized carbons (Fsp3) is 0.395. The predicted octanol–water partition coefficient (Wildman–Crippen LogP) is 5.19. The van der Waals surface area contributed by atoms with Crippen molar-refractivity contribution >= 4 is 63.1 Å². The number of fused-ring (bicyclic) bond motifs is 2. The van der Waals surface area contributed by atoms with Gasteiger partial charge < -0.3 is 24.8 Å². The van der Waals surface area contributed by atoms with Gasteiger partial charge in [0.1, 0.15) is 5.78 Å². The molecule has 0 radical (unpaired) electrons. The van der Waals surface area contributed by atoms with Gasteiger partial charge in [-0.2, -0.15) is 0 Å². The molecule has 3 atom stereocenters. The highest BCUT2D eigenvalue weighted by atomic mass is 16.5. The highest BCUT2D eigenvalue weighted by Crippen LogP contribution is 2.36. The minimum atomic E-state index is -0.875. The summed E-state index contributed by atoms with van der Waals surface area (Å²) in [4.78, 5) is 86.3. The molecule has 298 valence electrons. The number of carbonyl (C=O) groups is 5. The molecule has 0 spiro atoms. The van der Waals surface area contributed by atoms with Gasteiger partial charge in [-0.15, -0.1) is 0 Å². The van der Waals surface area contributed by atoms with Crippen molar-refractivity contribution in [3.8, 4) is 5.88 Å². The van der Waals surface area contributed by atoms with Crippen molar-refractivity contribution in [1.82, 2.24) is 24.7 Å². The third-order valence-corrected chi connectivity index (χ3v) is 11.6. The van der Waals surface area contributed by atoms with Gasteiger partial charge >= 0.3 is 6.03 Å². The molecule has 3 aliphatic heterocycles. The van der Waals surface area contributed by atoms with Gasteiger partial charge in [-0.25, -0.2) is 14.6 Å². The predicted molar refractivity (Wildman–Crippen MR) is 218 cm³/mol. The normalized spacial score (nSPS) is 21.4. The van der Waals surface area contributed by atoms with E-state index < -0.39 is 17.9 Å². The van der Waals surface area contributed by atoms with Crippen LogP contribution in [0.5, 0.6) is 5.88 Å². The van der Waals surface area contributed by atoms with Gasteiger partial charge in [0.05, 0.1) is 54.2 Å². The van der Waals surface area contributed by atoms with Crippen LogP contribution in [-0.4, -0.2) is 125 Å². The smallest absolute Gasteiger partial charge is 0.322 e. The van der Waals surface area contributed by atoms with Gasteiger partial charge in [-0.1, -0.05) is 12.1 Å². The fourth-order valence-corrected chi connectivity index (χ4v) is 8.52. The number of pyridine rings is 2. The number of urea groups is 1. The Morgan fingerprint density at radius 3 is 2.50 bits per heavy atom. The number of benzene rings is 2. The molecule has 2 aromatic heterocycles. The maximum absolute atomic E-state index is 13.4. The first-order valence-corrected chi connectivity index (χ1v) is 19.8. The number of piperazine rings is 2. The number of aromatic nitrogens is 2. The Balaban J connectivity index is 0.769. The van der Waals surface area contributed by atoms with Crippen LogP contribution in [0.1, 0.15) is 60.2 Å². The van der Waals surface area contributed by atoms with E-state index in [1.54, 1.807) is 36.7 Å². The first kappa shape index (κ1) is 38.5. The first-order chi connectivity index (χ1) is 28.1. The number of ketones is 2. The number of amides is 4. The average Bonchev–Trinajstić information content (AvgIpc) is 3.48. The van der Waals surface area contributed by atoms with Crippen molar-refractivity contribution in [3.63, 3.8) is 0 Å². The molecular weight excluding hydrogens is 739 g/mol. The van der Waals surface area contributed by atoms with Crippen LogP contribution in [0.4, 0.5) is 27.5 Å². The van der Waals surface area contributed by atoms with E-state index in [4.69, 9.17) is 11.3 Å². The summed E-state index contributed by atoms with van der Waals surface area (Å²) < 4.78 is 5.92. The average molecular weight is 784 g/mol. The molecule has 5 heterocycles. The topological polar surface area (TPSA) is 153 Å². The van der Waals surface area contributed by atoms with Crippen LogP contribution < -0.4 is 19.9 Å². The molecule has 15 heteroatoms. The number of ether oxygens (including phenoxy) is 1. The number of nitrogens with zero attached hydrogens (tertiary/aromatic N) is 8. The highest BCUT2D eigenvalue weighted by Gasteiger charge is 2.44. The molecule has 8 rings (SSSR count). The van der Waals surface area contributed by atoms with Crippen LogP contribution >= 0.6 is 0 Å². The first-order valence-electron chi connectivity index (χ1n) is 19.8. The minimum absolute atomic E-state index is 0.0370. The summed E-state index contributed by atoms with van der Waals surface area (Å²) in [5, 5.41) is 3.92. The molecule has 0 bridgehead atoms. The summed E-state index contributed by atoms with van der Waals surface area (Å²) in [6.45, 7) is 17.3. The Kier molecular flexibility index (Phi) is 10.8. The monoisotopic (exact) mass is 783 g/mol. The number of hydrogen-bond acceptors (Lipinski definition) is 11. The van der Waals surface area contributed by atoms with Crippen LogP contribution in [0, 0.1) is 6.57 Å². The number of carbonyl (C=O) groups excluding carboxylic acids is 5. The Morgan fingerprint density at radius 1 is 0.931 bits per heavy atom. The minimum Gasteiger partial charge on any atom is -0.478 e. The van der Waals surface area contributed by atoms with E-state index in [1.165, 1.54) is 0 Å². The van der Waals surface area contributed by atoms with Gasteiger partial charge in [-0.3, -0.25) is 34.0 Å². The third-order valence-electron chi connectivity index (χ3n) is 11.6. The van der Waals surface area contributed by atoms with E-state index in [-0.39, 0.29) is 48.9 Å². The molecule has 2 aromatic carbocycles. The molecule has 3 fully saturated rings. The summed E-state index contributed by atoms with van der Waals surface area (Å²) in [6.07, 6.45) is 4.25. The third kappa shape index (κ3) is 7.55. The second-order valence-electron chi connectivity index (χ2n) is 15.4. The van der Waals surface area contributed by atoms with E-state index in [0.29, 0.717) is 53.6 Å². The van der Waals surface area contributed by atoms with Crippen molar-refractivity contribution in [1.29, 1.82) is 0 Å². The molecule has 1 aliphatic carbocycles. The zero-order valence-corrected chi connectivity index (χ0v) is 32.6. The fourth-order valence-electron chi connectivity index (χ4n) is 8.52.